The Bertz CT molecular complexity index is 1210. The minimum absolute atomic E-state index is 0.106. The van der Waals surface area contributed by atoms with E-state index in [0.717, 1.165) is 0 Å². The molecule has 4 rings (SSSR count). The van der Waals surface area contributed by atoms with Crippen molar-refractivity contribution in [3.63, 3.8) is 0 Å². The molecule has 0 radical (unpaired) electrons. The number of carbonyl (C=O) groups is 2. The highest BCUT2D eigenvalue weighted by Gasteiger charge is 2.35. The van der Waals surface area contributed by atoms with Gasteiger partial charge in [0.1, 0.15) is 11.4 Å². The number of nitrogens with zero attached hydrogens (tertiary/aromatic N) is 1. The average Bonchev–Trinajstić information content (AvgIpc) is 2.67. The molecular weight excluding hydrogens is 383 g/mol. The molecule has 1 aliphatic rings. The molecule has 3 aromatic rings. The van der Waals surface area contributed by atoms with Gasteiger partial charge in [0, 0.05) is 29.1 Å². The molecule has 0 saturated heterocycles. The van der Waals surface area contributed by atoms with Crippen LogP contribution in [0, 0.1) is 11.2 Å². The van der Waals surface area contributed by atoms with E-state index in [4.69, 9.17) is 0 Å². The smallest absolute Gasteiger partial charge is 0.268 e. The summed E-state index contributed by atoms with van der Waals surface area (Å²) in [6.07, 6.45) is 0.863. The monoisotopic (exact) mass is 404 g/mol. The van der Waals surface area contributed by atoms with Crippen molar-refractivity contribution in [2.75, 3.05) is 5.32 Å². The van der Waals surface area contributed by atoms with Crippen LogP contribution in [0.15, 0.2) is 65.5 Å². The van der Waals surface area contributed by atoms with Crippen molar-refractivity contribution in [2.24, 2.45) is 5.41 Å². The fourth-order valence-corrected chi connectivity index (χ4v) is 3.89. The van der Waals surface area contributed by atoms with Crippen molar-refractivity contribution in [1.82, 2.24) is 4.57 Å². The number of benzene rings is 2. The number of Topliss-reactive ketones (excluding diaryl/α,β-unsaturated/α-hetero) is 1. The molecule has 152 valence electrons. The predicted octanol–water partition coefficient (Wildman–Crippen LogP) is 4.38. The summed E-state index contributed by atoms with van der Waals surface area (Å²) in [6.45, 7) is 3.97. The number of rotatable bonds is 3. The van der Waals surface area contributed by atoms with Gasteiger partial charge in [0.2, 0.25) is 0 Å². The van der Waals surface area contributed by atoms with Crippen LogP contribution in [0.3, 0.4) is 0 Å². The van der Waals surface area contributed by atoms with Crippen LogP contribution >= 0.6 is 0 Å². The molecule has 1 amide bonds. The van der Waals surface area contributed by atoms with Gasteiger partial charge in [-0.2, -0.15) is 0 Å². The SMILES string of the molecule is CC1(C)CC(=O)c2cc(C(=O)Nc3cccc(F)c3)c(=O)n(-c3ccccc3)c2C1. The van der Waals surface area contributed by atoms with E-state index < -0.39 is 17.3 Å². The van der Waals surface area contributed by atoms with E-state index in [1.807, 2.05) is 19.9 Å². The summed E-state index contributed by atoms with van der Waals surface area (Å²) in [5, 5.41) is 2.55. The molecule has 0 saturated carbocycles. The summed E-state index contributed by atoms with van der Waals surface area (Å²) in [5.74, 6) is -1.29. The number of carbonyl (C=O) groups excluding carboxylic acids is 2. The summed E-state index contributed by atoms with van der Waals surface area (Å²) in [4.78, 5) is 39.1. The highest BCUT2D eigenvalue weighted by molar-refractivity contribution is 6.07. The summed E-state index contributed by atoms with van der Waals surface area (Å²) >= 11 is 0. The molecular formula is C24H21FN2O3. The number of hydrogen-bond acceptors (Lipinski definition) is 3. The van der Waals surface area contributed by atoms with Crippen molar-refractivity contribution in [1.29, 1.82) is 0 Å². The van der Waals surface area contributed by atoms with Gasteiger partial charge >= 0.3 is 0 Å². The highest BCUT2D eigenvalue weighted by Crippen LogP contribution is 2.35. The van der Waals surface area contributed by atoms with E-state index >= 15 is 0 Å². The first kappa shape index (κ1) is 19.8. The zero-order valence-electron chi connectivity index (χ0n) is 16.7. The Labute approximate surface area is 173 Å². The van der Waals surface area contributed by atoms with E-state index in [1.54, 1.807) is 24.3 Å². The number of aromatic nitrogens is 1. The molecule has 30 heavy (non-hydrogen) atoms. The van der Waals surface area contributed by atoms with Crippen LogP contribution in [-0.2, 0) is 6.42 Å². The second-order valence-electron chi connectivity index (χ2n) is 8.30. The summed E-state index contributed by atoms with van der Waals surface area (Å²) in [7, 11) is 0. The lowest BCUT2D eigenvalue weighted by molar-refractivity contribution is 0.0909. The number of halogens is 1. The molecule has 6 heteroatoms. The molecule has 0 spiro atoms. The molecule has 1 aromatic heterocycles. The maximum Gasteiger partial charge on any atom is 0.268 e. The number of hydrogen-bond donors (Lipinski definition) is 1. The second kappa shape index (κ2) is 7.37. The molecule has 1 heterocycles. The Morgan fingerprint density at radius 2 is 1.73 bits per heavy atom. The third-order valence-corrected chi connectivity index (χ3v) is 5.23. The fourth-order valence-electron chi connectivity index (χ4n) is 3.89. The molecule has 1 aliphatic carbocycles. The molecule has 0 fully saturated rings. The summed E-state index contributed by atoms with van der Waals surface area (Å²) in [6, 6.07) is 15.8. The number of ketones is 1. The van der Waals surface area contributed by atoms with Crippen molar-refractivity contribution >= 4 is 17.4 Å². The van der Waals surface area contributed by atoms with Gasteiger partial charge in [-0.3, -0.25) is 19.0 Å². The molecule has 0 aliphatic heterocycles. The van der Waals surface area contributed by atoms with Gasteiger partial charge in [-0.05, 0) is 48.2 Å². The van der Waals surface area contributed by atoms with Crippen LogP contribution in [0.1, 0.15) is 46.7 Å². The number of para-hydroxylation sites is 1. The molecule has 2 aromatic carbocycles. The Hall–Kier alpha value is -3.54. The standard InChI is InChI=1S/C24H21FN2O3/c1-24(2)13-20-18(21(28)14-24)12-19(22(29)26-16-8-6-7-15(25)11-16)23(30)27(20)17-9-4-3-5-10-17/h3-12H,13-14H2,1-2H3,(H,26,29). The van der Waals surface area contributed by atoms with E-state index in [1.165, 1.54) is 34.9 Å². The minimum atomic E-state index is -0.685. The first-order valence-corrected chi connectivity index (χ1v) is 9.70. The third-order valence-electron chi connectivity index (χ3n) is 5.23. The maximum atomic E-state index is 13.5. The number of nitrogens with one attached hydrogen (secondary N) is 1. The third kappa shape index (κ3) is 3.68. The maximum absolute atomic E-state index is 13.5. The molecule has 0 bridgehead atoms. The number of pyridine rings is 1. The minimum Gasteiger partial charge on any atom is -0.322 e. The fraction of sp³-hybridized carbons (Fsp3) is 0.208. The Kier molecular flexibility index (Phi) is 4.86. The van der Waals surface area contributed by atoms with Crippen molar-refractivity contribution in [3.05, 3.63) is 93.7 Å². The average molecular weight is 404 g/mol. The predicted molar refractivity (Wildman–Crippen MR) is 113 cm³/mol. The van der Waals surface area contributed by atoms with Gasteiger partial charge in [-0.15, -0.1) is 0 Å². The molecule has 1 N–H and O–H groups in total. The van der Waals surface area contributed by atoms with E-state index in [2.05, 4.69) is 5.32 Å². The molecule has 5 nitrogen and oxygen atoms in total. The van der Waals surface area contributed by atoms with Crippen LogP contribution in [-0.4, -0.2) is 16.3 Å². The second-order valence-corrected chi connectivity index (χ2v) is 8.30. The molecule has 0 unspecified atom stereocenters. The van der Waals surface area contributed by atoms with Crippen LogP contribution in [0.25, 0.3) is 5.69 Å². The van der Waals surface area contributed by atoms with Gasteiger partial charge in [0.25, 0.3) is 11.5 Å². The Morgan fingerprint density at radius 1 is 1.00 bits per heavy atom. The molecule has 0 atom stereocenters. The van der Waals surface area contributed by atoms with Gasteiger partial charge in [-0.25, -0.2) is 4.39 Å². The van der Waals surface area contributed by atoms with Crippen LogP contribution in [0.2, 0.25) is 0 Å². The number of anilines is 1. The lowest BCUT2D eigenvalue weighted by Gasteiger charge is -2.32. The highest BCUT2D eigenvalue weighted by atomic mass is 19.1. The summed E-state index contributed by atoms with van der Waals surface area (Å²) in [5.41, 5.74) is 0.838. The zero-order valence-corrected chi connectivity index (χ0v) is 16.7. The Morgan fingerprint density at radius 3 is 2.43 bits per heavy atom. The first-order valence-electron chi connectivity index (χ1n) is 9.70. The topological polar surface area (TPSA) is 68.2 Å². The number of amides is 1. The normalized spacial score (nSPS) is 14.8. The van der Waals surface area contributed by atoms with E-state index in [9.17, 15) is 18.8 Å². The van der Waals surface area contributed by atoms with E-state index in [-0.39, 0.29) is 22.4 Å². The van der Waals surface area contributed by atoms with Crippen LogP contribution in [0.5, 0.6) is 0 Å². The van der Waals surface area contributed by atoms with Crippen molar-refractivity contribution in [3.8, 4) is 5.69 Å². The lowest BCUT2D eigenvalue weighted by Crippen LogP contribution is -2.37. The van der Waals surface area contributed by atoms with E-state index in [0.29, 0.717) is 29.8 Å². The van der Waals surface area contributed by atoms with Crippen molar-refractivity contribution in [2.45, 2.75) is 26.7 Å². The Balaban J connectivity index is 1.89. The first-order chi connectivity index (χ1) is 14.2. The zero-order chi connectivity index (χ0) is 21.5. The van der Waals surface area contributed by atoms with Crippen LogP contribution < -0.4 is 10.9 Å². The van der Waals surface area contributed by atoms with Gasteiger partial charge in [0.05, 0.1) is 0 Å². The number of fused-ring (bicyclic) bond motifs is 1. The van der Waals surface area contributed by atoms with Gasteiger partial charge in [-0.1, -0.05) is 38.1 Å². The summed E-state index contributed by atoms with van der Waals surface area (Å²) < 4.78 is 14.9. The largest absolute Gasteiger partial charge is 0.322 e. The van der Waals surface area contributed by atoms with Gasteiger partial charge < -0.3 is 5.32 Å². The van der Waals surface area contributed by atoms with Crippen LogP contribution in [0.4, 0.5) is 10.1 Å². The quantitative estimate of drug-likeness (QED) is 0.704. The van der Waals surface area contributed by atoms with Crippen molar-refractivity contribution < 1.29 is 14.0 Å². The lowest BCUT2D eigenvalue weighted by atomic mass is 9.75. The van der Waals surface area contributed by atoms with Gasteiger partial charge in [0.15, 0.2) is 5.78 Å².